The highest BCUT2D eigenvalue weighted by molar-refractivity contribution is 5.92. The minimum atomic E-state index is -1.08. The molecule has 0 bridgehead atoms. The van der Waals surface area contributed by atoms with Gasteiger partial charge >= 0.3 is 12.1 Å². The lowest BCUT2D eigenvalue weighted by Gasteiger charge is -2.35. The van der Waals surface area contributed by atoms with E-state index in [-0.39, 0.29) is 65.0 Å². The van der Waals surface area contributed by atoms with Crippen LogP contribution in [0, 0.1) is 17.5 Å². The fourth-order valence-electron chi connectivity index (χ4n) is 6.97. The van der Waals surface area contributed by atoms with Crippen molar-refractivity contribution in [2.75, 3.05) is 6.61 Å². The molecule has 0 unspecified atom stereocenters. The Kier molecular flexibility index (Phi) is 10.4. The van der Waals surface area contributed by atoms with Gasteiger partial charge in [0.25, 0.3) is 0 Å². The number of carboxylic acid groups (broad SMARTS) is 1. The van der Waals surface area contributed by atoms with E-state index in [0.717, 1.165) is 18.6 Å². The number of carbonyl (C=O) groups excluding carboxylic acids is 1. The molecule has 1 aliphatic heterocycles. The van der Waals surface area contributed by atoms with E-state index in [4.69, 9.17) is 14.2 Å². The largest absolute Gasteiger partial charge is 0.478 e. The van der Waals surface area contributed by atoms with Crippen LogP contribution in [-0.4, -0.2) is 71.1 Å². The fourth-order valence-corrected chi connectivity index (χ4v) is 6.97. The number of pyridine rings is 1. The van der Waals surface area contributed by atoms with Crippen LogP contribution in [-0.2, 0) is 29.0 Å². The molecular weight excluding hydrogens is 755 g/mol. The minimum Gasteiger partial charge on any atom is -0.478 e. The molecule has 1 saturated heterocycles. The number of aromatic nitrogens is 6. The summed E-state index contributed by atoms with van der Waals surface area (Å²) in [7, 11) is 0. The SMILES string of the molecule is CC(C)(C)OC(=O)NC1CC(n2cc(-c3ccc(COc4cccc(-c5cc(F)c(Cc6nc7ccc(C(=O)O)cc7n6C[C@@H]6CCO6)cc5F)n4)c(F)c3)nn2)C1. The molecule has 3 aromatic carbocycles. The summed E-state index contributed by atoms with van der Waals surface area (Å²) >= 11 is 0. The lowest BCUT2D eigenvalue weighted by molar-refractivity contribution is -0.0589. The number of ether oxygens (including phenoxy) is 3. The van der Waals surface area contributed by atoms with E-state index in [9.17, 15) is 14.7 Å². The number of amides is 1. The van der Waals surface area contributed by atoms with Crippen LogP contribution in [0.15, 0.2) is 72.9 Å². The number of carbonyl (C=O) groups is 2. The summed E-state index contributed by atoms with van der Waals surface area (Å²) in [4.78, 5) is 32.7. The van der Waals surface area contributed by atoms with Gasteiger partial charge in [-0.1, -0.05) is 23.4 Å². The summed E-state index contributed by atoms with van der Waals surface area (Å²) in [5.74, 6) is -2.48. The molecule has 8 rings (SSSR count). The smallest absolute Gasteiger partial charge is 0.407 e. The molecule has 2 aliphatic rings. The lowest BCUT2D eigenvalue weighted by Crippen LogP contribution is -2.46. The lowest BCUT2D eigenvalue weighted by atomic mass is 9.87. The van der Waals surface area contributed by atoms with Gasteiger partial charge in [-0.25, -0.2) is 37.4 Å². The predicted octanol–water partition coefficient (Wildman–Crippen LogP) is 7.66. The third-order valence-electron chi connectivity index (χ3n) is 10.2. The van der Waals surface area contributed by atoms with E-state index in [2.05, 4.69) is 25.6 Å². The molecule has 6 aromatic rings. The Morgan fingerprint density at radius 2 is 1.74 bits per heavy atom. The molecule has 58 heavy (non-hydrogen) atoms. The van der Waals surface area contributed by atoms with Crippen LogP contribution in [0.3, 0.4) is 0 Å². The van der Waals surface area contributed by atoms with Crippen molar-refractivity contribution in [3.8, 4) is 28.4 Å². The average Bonchev–Trinajstić information content (AvgIpc) is 3.76. The average molecular weight is 796 g/mol. The van der Waals surface area contributed by atoms with Crippen molar-refractivity contribution in [1.82, 2.24) is 34.8 Å². The number of benzene rings is 3. The zero-order chi connectivity index (χ0) is 40.7. The standard InChI is InChI=1S/C42H40F3N7O6/c1-42(2,3)58-41(55)46-27-17-28(18-27)52-21-36(49-50-52)23-7-8-25(31(43)13-23)22-57-39-6-4-5-34(48-39)30-19-32(44)26(14-33(30)45)16-38-47-35-10-9-24(40(53)54)15-37(35)51(38)20-29-11-12-56-29/h4-10,13-15,19,21,27-29H,11-12,16-18,20,22H2,1-3H3,(H,46,55)(H,53,54)/t27?,28?,29-/m0/s1. The molecule has 1 atom stereocenters. The van der Waals surface area contributed by atoms with Gasteiger partial charge in [-0.15, -0.1) is 5.10 Å². The number of carboxylic acids is 1. The Bertz CT molecular complexity index is 2520. The maximum Gasteiger partial charge on any atom is 0.407 e. The molecule has 1 amide bonds. The van der Waals surface area contributed by atoms with E-state index < -0.39 is 35.1 Å². The molecule has 1 aliphatic carbocycles. The van der Waals surface area contributed by atoms with Gasteiger partial charge < -0.3 is 29.2 Å². The highest BCUT2D eigenvalue weighted by atomic mass is 19.1. The van der Waals surface area contributed by atoms with Gasteiger partial charge in [0.2, 0.25) is 5.88 Å². The van der Waals surface area contributed by atoms with Gasteiger partial charge in [-0.3, -0.25) is 0 Å². The van der Waals surface area contributed by atoms with Crippen molar-refractivity contribution in [1.29, 1.82) is 0 Å². The third kappa shape index (κ3) is 8.37. The van der Waals surface area contributed by atoms with Crippen molar-refractivity contribution in [2.45, 2.75) is 83.4 Å². The molecule has 2 N–H and O–H groups in total. The molecule has 3 aromatic heterocycles. The van der Waals surface area contributed by atoms with Crippen molar-refractivity contribution in [2.24, 2.45) is 0 Å². The van der Waals surface area contributed by atoms with E-state index in [0.29, 0.717) is 54.1 Å². The number of nitrogens with zero attached hydrogens (tertiary/aromatic N) is 6. The van der Waals surface area contributed by atoms with Crippen molar-refractivity contribution in [3.05, 3.63) is 113 Å². The maximum atomic E-state index is 15.7. The first-order valence-corrected chi connectivity index (χ1v) is 18.9. The van der Waals surface area contributed by atoms with Crippen molar-refractivity contribution >= 4 is 23.1 Å². The number of alkyl carbamates (subject to hydrolysis) is 1. The Labute approximate surface area is 330 Å². The molecule has 4 heterocycles. The van der Waals surface area contributed by atoms with Crippen LogP contribution in [0.4, 0.5) is 18.0 Å². The van der Waals surface area contributed by atoms with Gasteiger partial charge in [0.05, 0.1) is 47.2 Å². The number of hydrogen-bond acceptors (Lipinski definition) is 9. The fraction of sp³-hybridized carbons (Fsp3) is 0.333. The second-order valence-corrected chi connectivity index (χ2v) is 15.5. The van der Waals surface area contributed by atoms with E-state index >= 15 is 13.2 Å². The molecule has 13 nitrogen and oxygen atoms in total. The van der Waals surface area contributed by atoms with E-state index in [1.807, 2.05) is 0 Å². The summed E-state index contributed by atoms with van der Waals surface area (Å²) in [6, 6.07) is 16.0. The van der Waals surface area contributed by atoms with Gasteiger partial charge in [0.1, 0.15) is 41.2 Å². The van der Waals surface area contributed by atoms with Crippen LogP contribution in [0.2, 0.25) is 0 Å². The van der Waals surface area contributed by atoms with Gasteiger partial charge in [-0.05, 0) is 88.1 Å². The van der Waals surface area contributed by atoms with E-state index in [1.54, 1.807) is 60.5 Å². The summed E-state index contributed by atoms with van der Waals surface area (Å²) in [6.45, 7) is 6.24. The molecular formula is C42H40F3N7O6. The van der Waals surface area contributed by atoms with Gasteiger partial charge in [-0.2, -0.15) is 0 Å². The summed E-state index contributed by atoms with van der Waals surface area (Å²) in [6.07, 6.45) is 3.27. The minimum absolute atomic E-state index is 0.0363. The number of imidazole rings is 1. The van der Waals surface area contributed by atoms with Crippen LogP contribution < -0.4 is 10.1 Å². The second kappa shape index (κ2) is 15.6. The first-order chi connectivity index (χ1) is 27.8. The first-order valence-electron chi connectivity index (χ1n) is 18.9. The molecule has 2 fully saturated rings. The highest BCUT2D eigenvalue weighted by Gasteiger charge is 2.34. The second-order valence-electron chi connectivity index (χ2n) is 15.5. The topological polar surface area (TPSA) is 156 Å². The highest BCUT2D eigenvalue weighted by Crippen LogP contribution is 2.34. The molecule has 0 spiro atoms. The zero-order valence-electron chi connectivity index (χ0n) is 31.9. The van der Waals surface area contributed by atoms with Crippen molar-refractivity contribution < 1.29 is 42.1 Å². The Morgan fingerprint density at radius 1 is 0.948 bits per heavy atom. The van der Waals surface area contributed by atoms with Crippen LogP contribution in [0.5, 0.6) is 5.88 Å². The maximum absolute atomic E-state index is 15.7. The summed E-state index contributed by atoms with van der Waals surface area (Å²) in [5, 5.41) is 20.8. The first kappa shape index (κ1) is 38.6. The van der Waals surface area contributed by atoms with Crippen LogP contribution in [0.25, 0.3) is 33.5 Å². The zero-order valence-corrected chi connectivity index (χ0v) is 31.9. The molecule has 16 heteroatoms. The van der Waals surface area contributed by atoms with Crippen LogP contribution in [0.1, 0.15) is 73.4 Å². The normalized spacial score (nSPS) is 17.7. The quantitative estimate of drug-likeness (QED) is 0.126. The number of nitrogens with one attached hydrogen (secondary N) is 1. The monoisotopic (exact) mass is 795 g/mol. The van der Waals surface area contributed by atoms with Gasteiger partial charge in [0.15, 0.2) is 0 Å². The van der Waals surface area contributed by atoms with Gasteiger partial charge in [0, 0.05) is 41.8 Å². The predicted molar refractivity (Wildman–Crippen MR) is 205 cm³/mol. The summed E-state index contributed by atoms with van der Waals surface area (Å²) < 4.78 is 66.9. The van der Waals surface area contributed by atoms with Crippen molar-refractivity contribution in [3.63, 3.8) is 0 Å². The Morgan fingerprint density at radius 3 is 2.47 bits per heavy atom. The number of fused-ring (bicyclic) bond motifs is 1. The number of hydrogen-bond donors (Lipinski definition) is 2. The summed E-state index contributed by atoms with van der Waals surface area (Å²) in [5.41, 5.74) is 1.96. The Balaban J connectivity index is 0.914. The van der Waals surface area contributed by atoms with E-state index in [1.165, 1.54) is 30.3 Å². The van der Waals surface area contributed by atoms with Crippen LogP contribution >= 0.6 is 0 Å². The number of rotatable bonds is 12. The Hall–Kier alpha value is -6.29. The molecule has 1 saturated carbocycles. The third-order valence-corrected chi connectivity index (χ3v) is 10.2. The molecule has 0 radical (unpaired) electrons. The number of aromatic carboxylic acids is 1. The molecule has 300 valence electrons. The number of halogens is 3.